The van der Waals surface area contributed by atoms with Gasteiger partial charge in [0.05, 0.1) is 17.3 Å². The first-order chi connectivity index (χ1) is 12.5. The number of anilines is 1. The van der Waals surface area contributed by atoms with Crippen molar-refractivity contribution in [3.8, 4) is 0 Å². The van der Waals surface area contributed by atoms with Gasteiger partial charge in [-0.15, -0.1) is 0 Å². The standard InChI is InChI=1S/C16H15N5O5/c22-15(11-1-3-12(4-2-11)21(25)26)20-7-5-19(6-8-20)14-10-17-13(9-18-14)16(23)24/h1-4,9-10H,5-8H2,(H,23,24). The molecule has 134 valence electrons. The van der Waals surface area contributed by atoms with E-state index in [1.807, 2.05) is 4.90 Å². The molecular weight excluding hydrogens is 342 g/mol. The number of carbonyl (C=O) groups excluding carboxylic acids is 1. The number of aromatic carboxylic acids is 1. The molecule has 10 heteroatoms. The Morgan fingerprint density at radius 2 is 1.69 bits per heavy atom. The summed E-state index contributed by atoms with van der Waals surface area (Å²) in [6, 6.07) is 5.51. The number of nitro benzene ring substituents is 1. The highest BCUT2D eigenvalue weighted by molar-refractivity contribution is 5.94. The maximum absolute atomic E-state index is 12.5. The van der Waals surface area contributed by atoms with Crippen LogP contribution >= 0.6 is 0 Å². The first kappa shape index (κ1) is 17.3. The van der Waals surface area contributed by atoms with Gasteiger partial charge in [0.25, 0.3) is 11.6 Å². The molecule has 0 atom stereocenters. The lowest BCUT2D eigenvalue weighted by Gasteiger charge is -2.35. The van der Waals surface area contributed by atoms with Crippen molar-refractivity contribution in [2.45, 2.75) is 0 Å². The molecule has 26 heavy (non-hydrogen) atoms. The SMILES string of the molecule is O=C(O)c1cnc(N2CCN(C(=O)c3ccc([N+](=O)[O-])cc3)CC2)cn1. The van der Waals surface area contributed by atoms with Crippen molar-refractivity contribution in [3.05, 3.63) is 58.0 Å². The number of rotatable bonds is 4. The van der Waals surface area contributed by atoms with E-state index in [1.54, 1.807) is 4.90 Å². The van der Waals surface area contributed by atoms with Crippen LogP contribution in [0.1, 0.15) is 20.8 Å². The van der Waals surface area contributed by atoms with Crippen molar-refractivity contribution >= 4 is 23.4 Å². The molecule has 1 saturated heterocycles. The zero-order valence-electron chi connectivity index (χ0n) is 13.6. The number of hydrogen-bond donors (Lipinski definition) is 1. The van der Waals surface area contributed by atoms with E-state index >= 15 is 0 Å². The number of aromatic nitrogens is 2. The smallest absolute Gasteiger partial charge is 0.356 e. The molecule has 1 aliphatic heterocycles. The number of amides is 1. The van der Waals surface area contributed by atoms with Crippen LogP contribution in [-0.2, 0) is 0 Å². The Labute approximate surface area is 147 Å². The van der Waals surface area contributed by atoms with Crippen molar-refractivity contribution in [1.29, 1.82) is 0 Å². The maximum Gasteiger partial charge on any atom is 0.356 e. The van der Waals surface area contributed by atoms with Gasteiger partial charge in [0, 0.05) is 43.9 Å². The summed E-state index contributed by atoms with van der Waals surface area (Å²) in [6.07, 6.45) is 2.60. The average molecular weight is 357 g/mol. The third-order valence-electron chi connectivity index (χ3n) is 4.07. The lowest BCUT2D eigenvalue weighted by molar-refractivity contribution is -0.384. The minimum absolute atomic E-state index is 0.0604. The van der Waals surface area contributed by atoms with Crippen molar-refractivity contribution in [1.82, 2.24) is 14.9 Å². The molecule has 10 nitrogen and oxygen atoms in total. The zero-order valence-corrected chi connectivity index (χ0v) is 13.6. The number of benzene rings is 1. The molecule has 0 unspecified atom stereocenters. The van der Waals surface area contributed by atoms with E-state index in [2.05, 4.69) is 9.97 Å². The lowest BCUT2D eigenvalue weighted by atomic mass is 10.1. The predicted molar refractivity (Wildman–Crippen MR) is 90.2 cm³/mol. The first-order valence-electron chi connectivity index (χ1n) is 7.80. The zero-order chi connectivity index (χ0) is 18.7. The van der Waals surface area contributed by atoms with Crippen molar-refractivity contribution in [2.75, 3.05) is 31.1 Å². The minimum atomic E-state index is -1.14. The van der Waals surface area contributed by atoms with Crippen molar-refractivity contribution < 1.29 is 19.6 Å². The van der Waals surface area contributed by atoms with Gasteiger partial charge in [-0.05, 0) is 12.1 Å². The van der Waals surface area contributed by atoms with Gasteiger partial charge in [-0.1, -0.05) is 0 Å². The average Bonchev–Trinajstić information content (AvgIpc) is 2.67. The second-order valence-corrected chi connectivity index (χ2v) is 5.65. The third kappa shape index (κ3) is 3.58. The van der Waals surface area contributed by atoms with Gasteiger partial charge in [-0.2, -0.15) is 0 Å². The number of carboxylic acid groups (broad SMARTS) is 1. The fourth-order valence-corrected chi connectivity index (χ4v) is 2.64. The molecule has 1 N–H and O–H groups in total. The van der Waals surface area contributed by atoms with E-state index < -0.39 is 10.9 Å². The number of carbonyl (C=O) groups is 2. The highest BCUT2D eigenvalue weighted by Gasteiger charge is 2.23. The van der Waals surface area contributed by atoms with Crippen LogP contribution in [0.15, 0.2) is 36.7 Å². The summed E-state index contributed by atoms with van der Waals surface area (Å²) in [5.74, 6) is -0.771. The number of carboxylic acids is 1. The third-order valence-corrected chi connectivity index (χ3v) is 4.07. The molecule has 0 radical (unpaired) electrons. The number of hydrogen-bond acceptors (Lipinski definition) is 7. The Kier molecular flexibility index (Phi) is 4.74. The Bertz CT molecular complexity index is 829. The summed E-state index contributed by atoms with van der Waals surface area (Å²) in [4.78, 5) is 45.0. The van der Waals surface area contributed by atoms with Crippen LogP contribution < -0.4 is 4.90 Å². The predicted octanol–water partition coefficient (Wildman–Crippen LogP) is 1.05. The largest absolute Gasteiger partial charge is 0.476 e. The molecule has 0 aliphatic carbocycles. The van der Waals surface area contributed by atoms with Gasteiger partial charge in [0.2, 0.25) is 0 Å². The van der Waals surface area contributed by atoms with Gasteiger partial charge in [0.1, 0.15) is 5.82 Å². The summed E-state index contributed by atoms with van der Waals surface area (Å²) in [5.41, 5.74) is 0.213. The summed E-state index contributed by atoms with van der Waals surface area (Å²) in [7, 11) is 0. The Morgan fingerprint density at radius 3 is 2.19 bits per heavy atom. The molecule has 0 spiro atoms. The molecule has 1 fully saturated rings. The molecular formula is C16H15N5O5. The second kappa shape index (κ2) is 7.13. The molecule has 3 rings (SSSR count). The van der Waals surface area contributed by atoms with Crippen LogP contribution in [-0.4, -0.2) is 63.0 Å². The molecule has 1 aromatic carbocycles. The maximum atomic E-state index is 12.5. The van der Waals surface area contributed by atoms with Gasteiger partial charge in [-0.3, -0.25) is 14.9 Å². The fraction of sp³-hybridized carbons (Fsp3) is 0.250. The van der Waals surface area contributed by atoms with E-state index in [9.17, 15) is 19.7 Å². The number of nitrogens with zero attached hydrogens (tertiary/aromatic N) is 5. The lowest BCUT2D eigenvalue weighted by Crippen LogP contribution is -2.49. The van der Waals surface area contributed by atoms with Crippen LogP contribution in [0.25, 0.3) is 0 Å². The molecule has 1 aliphatic rings. The molecule has 2 aromatic rings. The highest BCUT2D eigenvalue weighted by Crippen LogP contribution is 2.16. The van der Waals surface area contributed by atoms with Crippen LogP contribution in [0.5, 0.6) is 0 Å². The van der Waals surface area contributed by atoms with Crippen LogP contribution in [0, 0.1) is 10.1 Å². The fourth-order valence-electron chi connectivity index (χ4n) is 2.64. The Morgan fingerprint density at radius 1 is 1.04 bits per heavy atom. The van der Waals surface area contributed by atoms with E-state index in [0.29, 0.717) is 37.6 Å². The van der Waals surface area contributed by atoms with Crippen LogP contribution in [0.3, 0.4) is 0 Å². The molecule has 1 amide bonds. The highest BCUT2D eigenvalue weighted by atomic mass is 16.6. The molecule has 2 heterocycles. The van der Waals surface area contributed by atoms with Crippen molar-refractivity contribution in [2.24, 2.45) is 0 Å². The summed E-state index contributed by atoms with van der Waals surface area (Å²) in [6.45, 7) is 1.97. The Hall–Kier alpha value is -3.56. The number of nitro groups is 1. The number of piperazine rings is 1. The van der Waals surface area contributed by atoms with E-state index in [0.717, 1.165) is 0 Å². The summed E-state index contributed by atoms with van der Waals surface area (Å²) < 4.78 is 0. The molecule has 1 aromatic heterocycles. The van der Waals surface area contributed by atoms with Gasteiger partial charge < -0.3 is 14.9 Å². The minimum Gasteiger partial charge on any atom is -0.476 e. The quantitative estimate of drug-likeness (QED) is 0.635. The van der Waals surface area contributed by atoms with Crippen molar-refractivity contribution in [3.63, 3.8) is 0 Å². The van der Waals surface area contributed by atoms with E-state index in [4.69, 9.17) is 5.11 Å². The van der Waals surface area contributed by atoms with Gasteiger partial charge >= 0.3 is 5.97 Å². The van der Waals surface area contributed by atoms with Crippen LogP contribution in [0.2, 0.25) is 0 Å². The van der Waals surface area contributed by atoms with Gasteiger partial charge in [-0.25, -0.2) is 14.8 Å². The Balaban J connectivity index is 1.61. The molecule has 0 bridgehead atoms. The summed E-state index contributed by atoms with van der Waals surface area (Å²) >= 11 is 0. The normalized spacial score (nSPS) is 14.2. The monoisotopic (exact) mass is 357 g/mol. The van der Waals surface area contributed by atoms with Gasteiger partial charge in [0.15, 0.2) is 5.69 Å². The number of non-ortho nitro benzene ring substituents is 1. The van der Waals surface area contributed by atoms with E-state index in [1.165, 1.54) is 36.7 Å². The van der Waals surface area contributed by atoms with Crippen LogP contribution in [0.4, 0.5) is 11.5 Å². The molecule has 0 saturated carbocycles. The second-order valence-electron chi connectivity index (χ2n) is 5.65. The summed E-state index contributed by atoms with van der Waals surface area (Å²) in [5, 5.41) is 19.5. The van der Waals surface area contributed by atoms with E-state index in [-0.39, 0.29) is 17.3 Å². The topological polar surface area (TPSA) is 130 Å². The first-order valence-corrected chi connectivity index (χ1v) is 7.80.